The number of amidine groups is 1. The molecule has 2 aliphatic heterocycles. The first kappa shape index (κ1) is 17.4. The Balaban J connectivity index is 2.04. The highest BCUT2D eigenvalue weighted by Gasteiger charge is 2.25. The molecule has 25 heavy (non-hydrogen) atoms. The smallest absolute Gasteiger partial charge is 0.247 e. The quantitative estimate of drug-likeness (QED) is 0.890. The number of hydrogen-bond donors (Lipinski definition) is 1. The summed E-state index contributed by atoms with van der Waals surface area (Å²) in [6, 6.07) is 8.24. The molecule has 1 N–H and O–H groups in total. The Morgan fingerprint density at radius 3 is 2.48 bits per heavy atom. The van der Waals surface area contributed by atoms with E-state index < -0.39 is 0 Å². The third-order valence-electron chi connectivity index (χ3n) is 3.85. The van der Waals surface area contributed by atoms with Gasteiger partial charge in [0.15, 0.2) is 5.17 Å². The minimum absolute atomic E-state index is 0.186. The largest absolute Gasteiger partial charge is 0.285 e. The summed E-state index contributed by atoms with van der Waals surface area (Å²) in [5.74, 6) is -0.186. The first-order valence-corrected chi connectivity index (χ1v) is 8.98. The minimum atomic E-state index is -0.186. The van der Waals surface area contributed by atoms with Crippen molar-refractivity contribution in [3.63, 3.8) is 0 Å². The van der Waals surface area contributed by atoms with Crippen LogP contribution in [0.1, 0.15) is 31.4 Å². The number of rotatable bonds is 3. The highest BCUT2D eigenvalue weighted by molar-refractivity contribution is 8.18. The van der Waals surface area contributed by atoms with Crippen molar-refractivity contribution >= 4 is 28.5 Å². The lowest BCUT2D eigenvalue weighted by Crippen LogP contribution is -2.07. The molecule has 0 saturated heterocycles. The second kappa shape index (κ2) is 7.63. The van der Waals surface area contributed by atoms with Gasteiger partial charge in [-0.15, -0.1) is 0 Å². The number of carbonyl (C=O) groups excluding carboxylic acids is 1. The molecule has 1 aromatic carbocycles. The summed E-state index contributed by atoms with van der Waals surface area (Å²) < 4.78 is 0. The molecule has 0 atom stereocenters. The van der Waals surface area contributed by atoms with E-state index in [2.05, 4.69) is 29.0 Å². The van der Waals surface area contributed by atoms with Crippen LogP contribution >= 0.6 is 11.8 Å². The van der Waals surface area contributed by atoms with Crippen LogP contribution in [-0.2, 0) is 11.2 Å². The molecule has 128 valence electrons. The van der Waals surface area contributed by atoms with Crippen LogP contribution in [0.2, 0.25) is 0 Å². The van der Waals surface area contributed by atoms with Gasteiger partial charge in [0.2, 0.25) is 5.91 Å². The van der Waals surface area contributed by atoms with Gasteiger partial charge in [-0.25, -0.2) is 10.1 Å². The van der Waals surface area contributed by atoms with Gasteiger partial charge >= 0.3 is 0 Å². The molecule has 0 aliphatic carbocycles. The Labute approximate surface area is 151 Å². The Morgan fingerprint density at radius 1 is 1.20 bits per heavy atom. The van der Waals surface area contributed by atoms with E-state index in [9.17, 15) is 10.0 Å². The fourth-order valence-electron chi connectivity index (χ4n) is 2.40. The third kappa shape index (κ3) is 3.97. The van der Waals surface area contributed by atoms with E-state index in [4.69, 9.17) is 0 Å². The zero-order valence-electron chi connectivity index (χ0n) is 14.1. The predicted molar refractivity (Wildman–Crippen MR) is 102 cm³/mol. The molecule has 0 unspecified atom stereocenters. The number of hydroxylamine groups is 2. The number of thioether (sulfide) groups is 1. The Morgan fingerprint density at radius 2 is 1.88 bits per heavy atom. The van der Waals surface area contributed by atoms with E-state index in [1.165, 1.54) is 17.3 Å². The summed E-state index contributed by atoms with van der Waals surface area (Å²) >= 11 is 1.38. The molecule has 1 amide bonds. The molecule has 1 aromatic rings. The zero-order chi connectivity index (χ0) is 17.8. The Kier molecular flexibility index (Phi) is 5.31. The zero-order valence-corrected chi connectivity index (χ0v) is 15.0. The summed E-state index contributed by atoms with van der Waals surface area (Å²) in [6.07, 6.45) is 8.07. The first-order chi connectivity index (χ1) is 12.1. The molecule has 0 aromatic heterocycles. The molecule has 0 fully saturated rings. The molecular weight excluding hydrogens is 334 g/mol. The normalized spacial score (nSPS) is 18.3. The standard InChI is InChI=1S/C19H19N3O2S/c1-3-13-5-7-14(8-6-13)17-18(15-9-11-22(24)12-10-15)25-19(21-17)20-16(23)4-2/h5-12,24H,3-4H2,1-2H3. The molecule has 2 aliphatic rings. The molecular formula is C19H19N3O2S. The Bertz CT molecular complexity index is 817. The number of allylic oxidation sites excluding steroid dienone is 4. The van der Waals surface area contributed by atoms with Crippen LogP contribution in [0.15, 0.2) is 69.3 Å². The molecule has 0 spiro atoms. The maximum Gasteiger partial charge on any atom is 0.247 e. The minimum Gasteiger partial charge on any atom is -0.285 e. The molecule has 5 nitrogen and oxygen atoms in total. The molecule has 2 heterocycles. The van der Waals surface area contributed by atoms with E-state index in [0.29, 0.717) is 11.6 Å². The highest BCUT2D eigenvalue weighted by atomic mass is 32.2. The number of aliphatic imine (C=N–C) groups is 2. The first-order valence-electron chi connectivity index (χ1n) is 8.16. The predicted octanol–water partition coefficient (Wildman–Crippen LogP) is 4.06. The van der Waals surface area contributed by atoms with Gasteiger partial charge in [-0.1, -0.05) is 38.1 Å². The SMILES string of the molecule is CCC(=O)N=C1N=C(c2ccc(CC)cc2)C(=C2C=CN(O)C=C2)S1. The topological polar surface area (TPSA) is 65.3 Å². The summed E-state index contributed by atoms with van der Waals surface area (Å²) in [7, 11) is 0. The molecule has 0 radical (unpaired) electrons. The van der Waals surface area contributed by atoms with Crippen molar-refractivity contribution in [2.24, 2.45) is 9.98 Å². The number of aryl methyl sites for hydroxylation is 1. The van der Waals surface area contributed by atoms with Gasteiger partial charge in [-0.3, -0.25) is 10.0 Å². The lowest BCUT2D eigenvalue weighted by Gasteiger charge is -2.12. The van der Waals surface area contributed by atoms with Gasteiger partial charge in [0, 0.05) is 29.3 Å². The summed E-state index contributed by atoms with van der Waals surface area (Å²) in [6.45, 7) is 3.90. The average molecular weight is 353 g/mol. The van der Waals surface area contributed by atoms with Crippen LogP contribution < -0.4 is 0 Å². The van der Waals surface area contributed by atoms with Crippen molar-refractivity contribution in [3.05, 3.63) is 70.4 Å². The van der Waals surface area contributed by atoms with Crippen molar-refractivity contribution < 1.29 is 10.0 Å². The van der Waals surface area contributed by atoms with Crippen molar-refractivity contribution in [2.75, 3.05) is 0 Å². The van der Waals surface area contributed by atoms with Crippen LogP contribution in [0, 0.1) is 0 Å². The molecule has 6 heteroatoms. The number of carbonyl (C=O) groups is 1. The van der Waals surface area contributed by atoms with Gasteiger partial charge < -0.3 is 0 Å². The molecule has 0 saturated carbocycles. The maximum absolute atomic E-state index is 11.7. The lowest BCUT2D eigenvalue weighted by molar-refractivity contribution is -0.117. The second-order valence-electron chi connectivity index (χ2n) is 5.55. The van der Waals surface area contributed by atoms with E-state index in [0.717, 1.165) is 33.2 Å². The van der Waals surface area contributed by atoms with Crippen molar-refractivity contribution in [3.8, 4) is 0 Å². The van der Waals surface area contributed by atoms with Crippen LogP contribution in [0.25, 0.3) is 0 Å². The fourth-order valence-corrected chi connectivity index (χ4v) is 3.38. The monoisotopic (exact) mass is 353 g/mol. The Hall–Kier alpha value is -2.44. The van der Waals surface area contributed by atoms with Crippen molar-refractivity contribution in [1.82, 2.24) is 5.06 Å². The summed E-state index contributed by atoms with van der Waals surface area (Å²) in [5, 5.41) is 10.9. The number of amides is 1. The second-order valence-corrected chi connectivity index (χ2v) is 6.53. The van der Waals surface area contributed by atoms with Crippen LogP contribution in [0.4, 0.5) is 0 Å². The van der Waals surface area contributed by atoms with Crippen LogP contribution in [0.3, 0.4) is 0 Å². The van der Waals surface area contributed by atoms with Gasteiger partial charge in [0.25, 0.3) is 0 Å². The highest BCUT2D eigenvalue weighted by Crippen LogP contribution is 2.35. The molecule has 0 bridgehead atoms. The van der Waals surface area contributed by atoms with Gasteiger partial charge in [0.1, 0.15) is 0 Å². The van der Waals surface area contributed by atoms with Gasteiger partial charge in [-0.05, 0) is 41.5 Å². The van der Waals surface area contributed by atoms with Crippen molar-refractivity contribution in [1.29, 1.82) is 0 Å². The van der Waals surface area contributed by atoms with Gasteiger partial charge in [-0.2, -0.15) is 4.99 Å². The van der Waals surface area contributed by atoms with Crippen LogP contribution in [0.5, 0.6) is 0 Å². The number of hydrogen-bond acceptors (Lipinski definition) is 4. The van der Waals surface area contributed by atoms with E-state index in [-0.39, 0.29) is 5.91 Å². The average Bonchev–Trinajstić information content (AvgIpc) is 3.06. The summed E-state index contributed by atoms with van der Waals surface area (Å²) in [5.41, 5.74) is 3.95. The van der Waals surface area contributed by atoms with E-state index >= 15 is 0 Å². The van der Waals surface area contributed by atoms with Crippen molar-refractivity contribution in [2.45, 2.75) is 26.7 Å². The van der Waals surface area contributed by atoms with E-state index in [1.807, 2.05) is 24.3 Å². The third-order valence-corrected chi connectivity index (χ3v) is 4.85. The van der Waals surface area contributed by atoms with Gasteiger partial charge in [0.05, 0.1) is 5.71 Å². The number of nitrogens with zero attached hydrogens (tertiary/aromatic N) is 3. The molecule has 3 rings (SSSR count). The summed E-state index contributed by atoms with van der Waals surface area (Å²) in [4.78, 5) is 21.2. The number of benzene rings is 1. The fraction of sp³-hybridized carbons (Fsp3) is 0.211. The van der Waals surface area contributed by atoms with Crippen LogP contribution in [-0.4, -0.2) is 27.1 Å². The lowest BCUT2D eigenvalue weighted by atomic mass is 10.0. The van der Waals surface area contributed by atoms with E-state index in [1.54, 1.807) is 19.3 Å². The maximum atomic E-state index is 11.7.